The number of nitrogens with two attached hydrogens (primary N) is 3. The molecule has 1 aliphatic rings. The number of rotatable bonds is 49. The average molecular weight is 1470 g/mol. The first-order valence-electron chi connectivity index (χ1n) is 34.9. The normalized spacial score (nSPS) is 16.3. The van der Waals surface area contributed by atoms with Gasteiger partial charge in [0.2, 0.25) is 82.7 Å². The number of carbonyl (C=O) groups is 16. The van der Waals surface area contributed by atoms with Gasteiger partial charge < -0.3 is 117 Å². The zero-order valence-corrected chi connectivity index (χ0v) is 61.0. The Balaban J connectivity index is 3.30. The molecule has 1 heterocycles. The van der Waals surface area contributed by atoms with Gasteiger partial charge in [-0.2, -0.15) is 0 Å². The maximum atomic E-state index is 14.2. The van der Waals surface area contributed by atoms with Crippen molar-refractivity contribution in [3.63, 3.8) is 0 Å². The molecule has 586 valence electrons. The summed E-state index contributed by atoms with van der Waals surface area (Å²) in [7, 11) is 0. The highest BCUT2D eigenvalue weighted by Gasteiger charge is 2.41. The molecule has 0 spiro atoms. The minimum atomic E-state index is -1.88. The van der Waals surface area contributed by atoms with E-state index in [1.807, 2.05) is 0 Å². The number of carboxylic acid groups (broad SMARTS) is 2. The van der Waals surface area contributed by atoms with Crippen LogP contribution >= 0.6 is 0 Å². The van der Waals surface area contributed by atoms with Crippen LogP contribution < -0.4 is 86.3 Å². The molecule has 0 bridgehead atoms. The summed E-state index contributed by atoms with van der Waals surface area (Å²) < 4.78 is 0. The number of likely N-dealkylation sites (tertiary alicyclic amines) is 1. The molecule has 1 rings (SSSR count). The standard InChI is InChI=1S/C65H115N17O21/c1-32(2)23-40(74-56(94)39(18-13-15-21-67)73-59(97)44(30-83)77-54(92)38(68)17-12-14-20-66)55(93)70-28-48(87)72-42(26-49(88)89)57(95)75-41(24-33(3)4)58(96)79-52(36(9)10)63(101)81-53(37(11)85)64(102)80-51(35(7)8)62(100)78-45(31-84)60(98)76-43(25-34(5)6)65(103)82-22-16-19-46(82)61(99)71-27-47(86)69-29-50(90)91/h32-46,51-53,83-85H,12-31,66-68H2,1-11H3,(H,69,86)(H,70,93)(H,71,99)(H,72,87)(H,73,97)(H,74,94)(H,75,95)(H,76,98)(H,77,92)(H,78,100)(H,79,96)(H,80,102)(H,81,101)(H,88,89)(H,90,91)/t37-,38+,39+,40+,41+,42+,43+,44+,45+,46+,51+,52+,53+/m1/s1. The molecule has 0 aromatic heterocycles. The number of nitrogens with one attached hydrogen (secondary N) is 13. The number of aliphatic carboxylic acids is 2. The van der Waals surface area contributed by atoms with E-state index in [0.717, 1.165) is 6.92 Å². The average Bonchev–Trinajstić information content (AvgIpc) is 1.81. The fourth-order valence-corrected chi connectivity index (χ4v) is 10.7. The van der Waals surface area contributed by atoms with Crippen LogP contribution in [-0.4, -0.2) is 256 Å². The van der Waals surface area contributed by atoms with E-state index in [-0.39, 0.29) is 69.4 Å². The van der Waals surface area contributed by atoms with E-state index >= 15 is 0 Å². The van der Waals surface area contributed by atoms with E-state index in [0.29, 0.717) is 38.6 Å². The number of carboxylic acids is 2. The molecule has 24 N–H and O–H groups in total. The number of carbonyl (C=O) groups excluding carboxylic acids is 14. The zero-order chi connectivity index (χ0) is 78.5. The molecule has 1 fully saturated rings. The summed E-state index contributed by atoms with van der Waals surface area (Å²) in [5, 5.41) is 81.2. The lowest BCUT2D eigenvalue weighted by Gasteiger charge is -2.31. The van der Waals surface area contributed by atoms with Crippen molar-refractivity contribution in [2.24, 2.45) is 46.8 Å². The fourth-order valence-electron chi connectivity index (χ4n) is 10.7. The summed E-state index contributed by atoms with van der Waals surface area (Å²) in [5.41, 5.74) is 17.1. The molecule has 14 amide bonds. The second kappa shape index (κ2) is 47.5. The zero-order valence-electron chi connectivity index (χ0n) is 61.0. The Labute approximate surface area is 600 Å². The Morgan fingerprint density at radius 2 is 0.825 bits per heavy atom. The van der Waals surface area contributed by atoms with E-state index in [4.69, 9.17) is 22.3 Å². The van der Waals surface area contributed by atoms with Gasteiger partial charge in [0.15, 0.2) is 0 Å². The van der Waals surface area contributed by atoms with Crippen LogP contribution in [0.4, 0.5) is 0 Å². The minimum Gasteiger partial charge on any atom is -0.481 e. The fraction of sp³-hybridized carbons (Fsp3) is 0.754. The minimum absolute atomic E-state index is 0.00649. The van der Waals surface area contributed by atoms with E-state index < -0.39 is 224 Å². The second-order valence-electron chi connectivity index (χ2n) is 27.5. The third-order valence-corrected chi connectivity index (χ3v) is 16.2. The first kappa shape index (κ1) is 92.3. The Bertz CT molecular complexity index is 2860. The molecule has 103 heavy (non-hydrogen) atoms. The van der Waals surface area contributed by atoms with Gasteiger partial charge in [0.25, 0.3) is 0 Å². The van der Waals surface area contributed by atoms with Crippen molar-refractivity contribution >= 4 is 94.6 Å². The van der Waals surface area contributed by atoms with Crippen molar-refractivity contribution in [3.05, 3.63) is 0 Å². The molecule has 38 heteroatoms. The van der Waals surface area contributed by atoms with Gasteiger partial charge >= 0.3 is 11.9 Å². The Morgan fingerprint density at radius 1 is 0.417 bits per heavy atom. The molecule has 0 radical (unpaired) electrons. The molecule has 1 aliphatic heterocycles. The summed E-state index contributed by atoms with van der Waals surface area (Å²) in [6.45, 7) is 14.2. The highest BCUT2D eigenvalue weighted by atomic mass is 16.4. The van der Waals surface area contributed by atoms with Crippen molar-refractivity contribution in [1.29, 1.82) is 0 Å². The predicted molar refractivity (Wildman–Crippen MR) is 371 cm³/mol. The summed E-state index contributed by atoms with van der Waals surface area (Å²) in [6.07, 6.45) is -0.118. The highest BCUT2D eigenvalue weighted by Crippen LogP contribution is 2.21. The molecular weight excluding hydrogens is 1350 g/mol. The molecule has 0 saturated carbocycles. The van der Waals surface area contributed by atoms with Crippen LogP contribution in [0, 0.1) is 29.6 Å². The van der Waals surface area contributed by atoms with Crippen molar-refractivity contribution in [2.45, 2.75) is 232 Å². The van der Waals surface area contributed by atoms with E-state index in [1.54, 1.807) is 41.5 Å². The third-order valence-electron chi connectivity index (χ3n) is 16.2. The van der Waals surface area contributed by atoms with Gasteiger partial charge in [-0.3, -0.25) is 76.7 Å². The lowest BCUT2D eigenvalue weighted by Crippen LogP contribution is -2.63. The van der Waals surface area contributed by atoms with Crippen LogP contribution in [0.2, 0.25) is 0 Å². The maximum absolute atomic E-state index is 14.2. The molecule has 0 aromatic rings. The summed E-state index contributed by atoms with van der Waals surface area (Å²) in [4.78, 5) is 215. The SMILES string of the molecule is CC(C)C[C@H](NC(=O)[C@H](CCCCN)NC(=O)[C@H](CO)NC(=O)[C@@H](N)CCCCN)C(=O)NCC(=O)N[C@@H](CC(=O)O)C(=O)N[C@@H](CC(C)C)C(=O)N[C@H](C(=O)N[C@H](C(=O)N[C@H](C(=O)N[C@@H](CO)C(=O)N[C@@H](CC(C)C)C(=O)N1CCC[C@H]1C(=O)NCC(=O)NCC(=O)O)C(C)C)[C@@H](C)O)C(C)C. The van der Waals surface area contributed by atoms with Crippen LogP contribution in [0.25, 0.3) is 0 Å². The number of unbranched alkanes of at least 4 members (excludes halogenated alkanes) is 2. The third kappa shape index (κ3) is 34.4. The summed E-state index contributed by atoms with van der Waals surface area (Å²) in [6, 6.07) is -17.6. The highest BCUT2D eigenvalue weighted by molar-refractivity contribution is 6.00. The molecule has 38 nitrogen and oxygen atoms in total. The smallest absolute Gasteiger partial charge is 0.322 e. The van der Waals surface area contributed by atoms with Crippen LogP contribution in [0.5, 0.6) is 0 Å². The number of amides is 14. The molecule has 13 atom stereocenters. The predicted octanol–water partition coefficient (Wildman–Crippen LogP) is -6.87. The first-order valence-corrected chi connectivity index (χ1v) is 34.9. The Hall–Kier alpha value is -8.72. The van der Waals surface area contributed by atoms with Crippen LogP contribution in [-0.2, 0) is 76.7 Å². The van der Waals surface area contributed by atoms with Gasteiger partial charge in [-0.25, -0.2) is 0 Å². The first-order chi connectivity index (χ1) is 48.2. The van der Waals surface area contributed by atoms with Gasteiger partial charge in [-0.05, 0) is 114 Å². The van der Waals surface area contributed by atoms with Gasteiger partial charge in [-0.1, -0.05) is 75.7 Å². The molecule has 0 aromatic carbocycles. The van der Waals surface area contributed by atoms with Crippen molar-refractivity contribution < 1.29 is 102 Å². The number of aliphatic hydroxyl groups is 3. The van der Waals surface area contributed by atoms with Gasteiger partial charge in [-0.15, -0.1) is 0 Å². The van der Waals surface area contributed by atoms with Crippen molar-refractivity contribution in [2.75, 3.05) is 52.5 Å². The molecule has 1 saturated heterocycles. The van der Waals surface area contributed by atoms with E-state index in [2.05, 4.69) is 69.1 Å². The van der Waals surface area contributed by atoms with E-state index in [9.17, 15) is 97.1 Å². The van der Waals surface area contributed by atoms with Crippen molar-refractivity contribution in [3.8, 4) is 0 Å². The lowest BCUT2D eigenvalue weighted by molar-refractivity contribution is -0.142. The molecule has 0 unspecified atom stereocenters. The Kier molecular flexibility index (Phi) is 42.6. The molecular formula is C65H115N17O21. The monoisotopic (exact) mass is 1470 g/mol. The summed E-state index contributed by atoms with van der Waals surface area (Å²) >= 11 is 0. The van der Waals surface area contributed by atoms with Crippen LogP contribution in [0.3, 0.4) is 0 Å². The lowest BCUT2D eigenvalue weighted by atomic mass is 9.98. The topological polar surface area (TPSA) is 612 Å². The van der Waals surface area contributed by atoms with Gasteiger partial charge in [0.1, 0.15) is 73.0 Å². The number of hydrogen-bond acceptors (Lipinski definition) is 22. The quantitative estimate of drug-likeness (QED) is 0.0252. The number of hydrogen-bond donors (Lipinski definition) is 21. The number of aliphatic hydroxyl groups excluding tert-OH is 3. The van der Waals surface area contributed by atoms with Gasteiger partial charge in [0.05, 0.1) is 44.9 Å². The largest absolute Gasteiger partial charge is 0.481 e. The Morgan fingerprint density at radius 3 is 1.31 bits per heavy atom. The number of nitrogens with zero attached hydrogens (tertiary/aromatic N) is 1. The molecule has 0 aliphatic carbocycles. The van der Waals surface area contributed by atoms with Crippen LogP contribution in [0.1, 0.15) is 153 Å². The maximum Gasteiger partial charge on any atom is 0.322 e. The summed E-state index contributed by atoms with van der Waals surface area (Å²) in [5.74, 6) is -18.4. The van der Waals surface area contributed by atoms with Crippen molar-refractivity contribution in [1.82, 2.24) is 74.0 Å². The second-order valence-corrected chi connectivity index (χ2v) is 27.5. The van der Waals surface area contributed by atoms with Crippen LogP contribution in [0.15, 0.2) is 0 Å². The van der Waals surface area contributed by atoms with E-state index in [1.165, 1.54) is 32.6 Å². The van der Waals surface area contributed by atoms with Gasteiger partial charge in [0, 0.05) is 6.54 Å².